The number of aliphatic hydroxyl groups excluding tert-OH is 1. The Balaban J connectivity index is 0.707. The van der Waals surface area contributed by atoms with E-state index in [4.69, 9.17) is 20.9 Å². The lowest BCUT2D eigenvalue weighted by molar-refractivity contribution is -0.144. The van der Waals surface area contributed by atoms with Gasteiger partial charge < -0.3 is 50.3 Å². The number of ether oxygens (including phenoxy) is 2. The van der Waals surface area contributed by atoms with Crippen molar-refractivity contribution in [2.75, 3.05) is 57.4 Å². The fraction of sp³-hybridized carbons (Fsp3) is 0.466. The molecule has 0 spiro atoms. The summed E-state index contributed by atoms with van der Waals surface area (Å²) in [5.41, 5.74) is 3.93. The molecule has 5 N–H and O–H groups in total. The van der Waals surface area contributed by atoms with Crippen LogP contribution in [0.2, 0.25) is 0 Å². The smallest absolute Gasteiger partial charge is 0.319 e. The number of phenols is 1. The first-order chi connectivity index (χ1) is 37.5. The number of halogens is 2. The Kier molecular flexibility index (Phi) is 16.2. The van der Waals surface area contributed by atoms with Gasteiger partial charge in [0, 0.05) is 94.5 Å². The topological polar surface area (TPSA) is 208 Å². The van der Waals surface area contributed by atoms with E-state index >= 15 is 8.78 Å². The maximum atomic E-state index is 17.1. The molecule has 0 aliphatic carbocycles. The number of carbonyl (C=O) groups is 3. The van der Waals surface area contributed by atoms with E-state index in [1.54, 1.807) is 11.3 Å². The number of aliphatic hydroxyl groups is 1. The van der Waals surface area contributed by atoms with Crippen LogP contribution in [-0.2, 0) is 25.7 Å². The van der Waals surface area contributed by atoms with E-state index in [-0.39, 0.29) is 102 Å². The minimum absolute atomic E-state index is 0.00604. The fourth-order valence-corrected chi connectivity index (χ4v) is 12.1. The summed E-state index contributed by atoms with van der Waals surface area (Å²) < 4.78 is 44.5. The van der Waals surface area contributed by atoms with Crippen molar-refractivity contribution >= 4 is 56.6 Å². The summed E-state index contributed by atoms with van der Waals surface area (Å²) >= 11 is 1.57. The molecular formula is C58H66F2N10O7S. The zero-order valence-corrected chi connectivity index (χ0v) is 45.2. The van der Waals surface area contributed by atoms with Gasteiger partial charge in [0.05, 0.1) is 39.7 Å². The van der Waals surface area contributed by atoms with E-state index in [1.807, 2.05) is 57.5 Å². The Morgan fingerprint density at radius 3 is 2.45 bits per heavy atom. The number of aromatic hydroxyl groups is 1. The SMILES string of the molecule is C#Cc1c(F)ccc2cc(O)cc(-c3ncc4c(N5CC6CCC(C5)N6)nc(OC5CCN(CCCOCCC(=O)NC(C(=O)N6C[C@H](O)C[C@H]6C(=O)NCc6ccc(-c7scnc7C)cc6)C(C)(C)C)CC5)nc4c3F)c12. The van der Waals surface area contributed by atoms with E-state index in [1.165, 1.54) is 35.4 Å². The molecule has 3 aromatic carbocycles. The molecular weight excluding hydrogens is 1020 g/mol. The summed E-state index contributed by atoms with van der Waals surface area (Å²) in [5, 5.41) is 31.9. The molecule has 6 aromatic rings. The number of carbonyl (C=O) groups excluding carboxylic acids is 3. The Hall–Kier alpha value is -6.89. The third kappa shape index (κ3) is 11.9. The Bertz CT molecular complexity index is 3240. The van der Waals surface area contributed by atoms with Gasteiger partial charge in [-0.1, -0.05) is 57.0 Å². The second-order valence-corrected chi connectivity index (χ2v) is 22.9. The van der Waals surface area contributed by atoms with Crippen LogP contribution in [0.1, 0.15) is 82.5 Å². The number of amides is 3. The van der Waals surface area contributed by atoms with Crippen molar-refractivity contribution < 1.29 is 42.9 Å². The summed E-state index contributed by atoms with van der Waals surface area (Å²) in [4.78, 5) is 66.3. The molecule has 10 rings (SSSR count). The maximum Gasteiger partial charge on any atom is 0.319 e. The third-order valence-electron chi connectivity index (χ3n) is 15.4. The quantitative estimate of drug-likeness (QED) is 0.0480. The van der Waals surface area contributed by atoms with Crippen LogP contribution in [0.15, 0.2) is 60.2 Å². The van der Waals surface area contributed by atoms with Crippen molar-refractivity contribution in [1.82, 2.24) is 45.7 Å². The van der Waals surface area contributed by atoms with Gasteiger partial charge in [-0.25, -0.2) is 13.8 Å². The minimum atomic E-state index is -0.947. The van der Waals surface area contributed by atoms with Crippen LogP contribution in [0.25, 0.3) is 43.4 Å². The first-order valence-electron chi connectivity index (χ1n) is 26.8. The standard InChI is InChI=1S/C58H66F2N10O7S/c1-6-42-45(59)15-12-36-24-39(71)25-43(48(36)42)50-49(60)51-44(28-61-50)54(69-29-37-13-14-38(30-69)64-37)67-57(66-51)77-41-16-20-68(21-17-41)19-7-22-76-23-18-47(73)65-53(58(3,4)5)56(75)70-31-40(72)26-46(70)55(74)62-27-34-8-10-35(11-9-34)52-33(2)63-32-78-52/h1,8-12,15,24-25,28,32,37-38,40-41,46,53,64,71-72H,7,13-14,16-23,26-27,29-31H2,2-5H3,(H,62,74)(H,65,73)/t37?,38?,40-,46+,53?/m1/s1. The molecule has 4 aliphatic heterocycles. The van der Waals surface area contributed by atoms with E-state index in [0.717, 1.165) is 60.6 Å². The molecule has 7 heterocycles. The number of nitrogens with one attached hydrogen (secondary N) is 3. The molecule has 78 heavy (non-hydrogen) atoms. The molecule has 0 radical (unpaired) electrons. The van der Waals surface area contributed by atoms with Gasteiger partial charge in [0.25, 0.3) is 0 Å². The van der Waals surface area contributed by atoms with Gasteiger partial charge in [0.15, 0.2) is 5.82 Å². The van der Waals surface area contributed by atoms with Gasteiger partial charge in [-0.2, -0.15) is 9.97 Å². The molecule has 3 unspecified atom stereocenters. The van der Waals surface area contributed by atoms with Crippen molar-refractivity contribution in [2.24, 2.45) is 5.41 Å². The normalized spacial score (nSPS) is 20.3. The number of aromatic nitrogens is 4. The van der Waals surface area contributed by atoms with Crippen LogP contribution in [-0.4, -0.2) is 147 Å². The minimum Gasteiger partial charge on any atom is -0.508 e. The number of thiazole rings is 1. The molecule has 0 saturated carbocycles. The predicted octanol–water partition coefficient (Wildman–Crippen LogP) is 6.63. The van der Waals surface area contributed by atoms with Crippen molar-refractivity contribution in [2.45, 2.75) is 116 Å². The lowest BCUT2D eigenvalue weighted by atomic mass is 9.85. The molecule has 17 nitrogen and oxygen atoms in total. The monoisotopic (exact) mass is 1080 g/mol. The van der Waals surface area contributed by atoms with E-state index in [0.29, 0.717) is 49.1 Å². The molecule has 410 valence electrons. The number of hydrogen-bond acceptors (Lipinski definition) is 15. The zero-order chi connectivity index (χ0) is 54.8. The fourth-order valence-electron chi connectivity index (χ4n) is 11.3. The number of pyridine rings is 1. The average molecular weight is 1090 g/mol. The number of β-amino-alcohol motifs (C(OH)–C–C–N with tert-alkyl or cyclic N) is 1. The highest BCUT2D eigenvalue weighted by molar-refractivity contribution is 7.13. The Labute approximate surface area is 456 Å². The summed E-state index contributed by atoms with van der Waals surface area (Å²) in [6.07, 6.45) is 10.4. The molecule has 4 fully saturated rings. The van der Waals surface area contributed by atoms with E-state index < -0.39 is 41.1 Å². The second-order valence-electron chi connectivity index (χ2n) is 22.0. The van der Waals surface area contributed by atoms with Gasteiger partial charge in [-0.3, -0.25) is 19.4 Å². The first kappa shape index (κ1) is 54.5. The van der Waals surface area contributed by atoms with Gasteiger partial charge in [0.2, 0.25) is 17.7 Å². The van der Waals surface area contributed by atoms with Gasteiger partial charge in [-0.15, -0.1) is 17.8 Å². The highest BCUT2D eigenvalue weighted by Crippen LogP contribution is 2.40. The number of piperidine rings is 1. The van der Waals surface area contributed by atoms with Crippen LogP contribution < -0.4 is 25.6 Å². The average Bonchev–Trinajstić information content (AvgIpc) is 4.25. The third-order valence-corrected chi connectivity index (χ3v) is 16.3. The summed E-state index contributed by atoms with van der Waals surface area (Å²) in [5.74, 6) is 0.182. The van der Waals surface area contributed by atoms with Gasteiger partial charge in [-0.05, 0) is 79.2 Å². The summed E-state index contributed by atoms with van der Waals surface area (Å²) in [7, 11) is 0. The number of nitrogens with zero attached hydrogens (tertiary/aromatic N) is 7. The summed E-state index contributed by atoms with van der Waals surface area (Å²) in [6, 6.07) is 12.1. The molecule has 4 aliphatic rings. The van der Waals surface area contributed by atoms with E-state index in [2.05, 4.69) is 46.6 Å². The number of phenolic OH excluding ortho intramolecular Hbond substituents is 1. The second kappa shape index (κ2) is 23.2. The maximum absolute atomic E-state index is 17.1. The molecule has 3 aromatic heterocycles. The molecule has 5 atom stereocenters. The van der Waals surface area contributed by atoms with Crippen LogP contribution >= 0.6 is 11.3 Å². The molecule has 2 bridgehead atoms. The van der Waals surface area contributed by atoms with Crippen LogP contribution in [0, 0.1) is 36.3 Å². The van der Waals surface area contributed by atoms with Crippen molar-refractivity contribution in [3.05, 3.63) is 88.7 Å². The van der Waals surface area contributed by atoms with Gasteiger partial charge in [0.1, 0.15) is 46.8 Å². The van der Waals surface area contributed by atoms with Crippen LogP contribution in [0.5, 0.6) is 11.8 Å². The molecule has 4 saturated heterocycles. The number of hydrogen-bond donors (Lipinski definition) is 5. The zero-order valence-electron chi connectivity index (χ0n) is 44.4. The Morgan fingerprint density at radius 2 is 1.74 bits per heavy atom. The van der Waals surface area contributed by atoms with Crippen LogP contribution in [0.3, 0.4) is 0 Å². The molecule has 20 heteroatoms. The highest BCUT2D eigenvalue weighted by Gasteiger charge is 2.44. The van der Waals surface area contributed by atoms with Crippen molar-refractivity contribution in [1.29, 1.82) is 0 Å². The highest BCUT2D eigenvalue weighted by atomic mass is 32.1. The van der Waals surface area contributed by atoms with Gasteiger partial charge >= 0.3 is 6.01 Å². The summed E-state index contributed by atoms with van der Waals surface area (Å²) in [6.45, 7) is 11.9. The first-order valence-corrected chi connectivity index (χ1v) is 27.7. The number of anilines is 1. The lowest BCUT2D eigenvalue weighted by Crippen LogP contribution is -2.57. The number of likely N-dealkylation sites (tertiary alicyclic amines) is 2. The number of piperazine rings is 1. The number of terminal acetylenes is 1. The van der Waals surface area contributed by atoms with Crippen LogP contribution in [0.4, 0.5) is 14.6 Å². The van der Waals surface area contributed by atoms with Crippen molar-refractivity contribution in [3.63, 3.8) is 0 Å². The molecule has 3 amide bonds. The number of aryl methyl sites for hydroxylation is 1. The largest absolute Gasteiger partial charge is 0.508 e. The van der Waals surface area contributed by atoms with Crippen molar-refractivity contribution in [3.8, 4) is 45.8 Å². The lowest BCUT2D eigenvalue weighted by Gasteiger charge is -2.35. The number of fused-ring (bicyclic) bond motifs is 4. The van der Waals surface area contributed by atoms with E-state index in [9.17, 15) is 24.6 Å². The number of benzene rings is 3. The number of rotatable bonds is 17. The Morgan fingerprint density at radius 1 is 0.987 bits per heavy atom. The predicted molar refractivity (Wildman–Crippen MR) is 294 cm³/mol.